The molecule has 0 radical (unpaired) electrons. The van der Waals surface area contributed by atoms with Gasteiger partial charge in [0, 0.05) is 0 Å². The Labute approximate surface area is 169 Å². The molecule has 0 heterocycles. The van der Waals surface area contributed by atoms with Crippen molar-refractivity contribution in [3.63, 3.8) is 0 Å². The van der Waals surface area contributed by atoms with Crippen molar-refractivity contribution < 1.29 is 0 Å². The Hall–Kier alpha value is -0.510. The van der Waals surface area contributed by atoms with E-state index in [9.17, 15) is 5.26 Å². The number of hydrogen-bond acceptors (Lipinski definition) is 1. The molecule has 0 saturated heterocycles. The third kappa shape index (κ3) is 5.31. The van der Waals surface area contributed by atoms with E-state index in [1.807, 2.05) is 0 Å². The first-order valence-electron chi connectivity index (χ1n) is 12.6. The maximum absolute atomic E-state index is 10.1. The Bertz CT molecular complexity index is 451. The molecule has 154 valence electrons. The monoisotopic (exact) mass is 371 g/mol. The van der Waals surface area contributed by atoms with Gasteiger partial charge in [0.1, 0.15) is 0 Å². The highest BCUT2D eigenvalue weighted by Crippen LogP contribution is 2.52. The molecule has 3 aliphatic rings. The molecular formula is C26H45N. The average molecular weight is 372 g/mol. The van der Waals surface area contributed by atoms with Crippen LogP contribution >= 0.6 is 0 Å². The summed E-state index contributed by atoms with van der Waals surface area (Å²) in [5.41, 5.74) is 0.0486. The molecule has 0 unspecified atom stereocenters. The van der Waals surface area contributed by atoms with Crippen molar-refractivity contribution in [1.29, 1.82) is 5.26 Å². The summed E-state index contributed by atoms with van der Waals surface area (Å²) in [6.07, 6.45) is 23.6. The maximum Gasteiger partial charge on any atom is 0.0692 e. The Kier molecular flexibility index (Phi) is 8.10. The quantitative estimate of drug-likeness (QED) is 0.441. The summed E-state index contributed by atoms with van der Waals surface area (Å²) in [6.45, 7) is 4.64. The first-order chi connectivity index (χ1) is 13.2. The van der Waals surface area contributed by atoms with Crippen LogP contribution in [0, 0.1) is 46.3 Å². The van der Waals surface area contributed by atoms with Crippen LogP contribution in [0.15, 0.2) is 0 Å². The first kappa shape index (κ1) is 21.2. The molecule has 0 aromatic rings. The standard InChI is InChI=1S/C26H45N/c1-3-5-7-22-8-10-23(11-9-22)24-12-14-25(15-13-24)26(20-27)18-16-21(6-4-2)17-19-26/h21-25H,3-19H2,1-2H3. The van der Waals surface area contributed by atoms with Crippen molar-refractivity contribution in [2.45, 2.75) is 123 Å². The summed E-state index contributed by atoms with van der Waals surface area (Å²) in [5.74, 6) is 4.67. The normalized spacial score (nSPS) is 40.4. The molecule has 3 aliphatic carbocycles. The molecular weight excluding hydrogens is 326 g/mol. The van der Waals surface area contributed by atoms with Gasteiger partial charge in [0.05, 0.1) is 11.5 Å². The van der Waals surface area contributed by atoms with Crippen LogP contribution in [0.1, 0.15) is 123 Å². The fourth-order valence-electron chi connectivity index (χ4n) is 7.09. The molecule has 1 nitrogen and oxygen atoms in total. The molecule has 0 N–H and O–H groups in total. The van der Waals surface area contributed by atoms with E-state index in [1.54, 1.807) is 0 Å². The van der Waals surface area contributed by atoms with Gasteiger partial charge in [0.25, 0.3) is 0 Å². The van der Waals surface area contributed by atoms with Crippen LogP contribution in [0.3, 0.4) is 0 Å². The Balaban J connectivity index is 1.44. The van der Waals surface area contributed by atoms with Crippen molar-refractivity contribution in [2.24, 2.45) is 35.0 Å². The SMILES string of the molecule is CCCCC1CCC(C2CCC(C3(C#N)CCC(CCC)CC3)CC2)CC1. The predicted molar refractivity (Wildman–Crippen MR) is 115 cm³/mol. The van der Waals surface area contributed by atoms with E-state index >= 15 is 0 Å². The fourth-order valence-corrected chi connectivity index (χ4v) is 7.09. The van der Waals surface area contributed by atoms with E-state index in [0.717, 1.165) is 23.7 Å². The lowest BCUT2D eigenvalue weighted by Gasteiger charge is -2.45. The molecule has 1 heteroatoms. The van der Waals surface area contributed by atoms with E-state index in [-0.39, 0.29) is 5.41 Å². The smallest absolute Gasteiger partial charge is 0.0692 e. The van der Waals surface area contributed by atoms with Crippen LogP contribution in [0.5, 0.6) is 0 Å². The number of hydrogen-bond donors (Lipinski definition) is 0. The minimum Gasteiger partial charge on any atom is -0.198 e. The lowest BCUT2D eigenvalue weighted by Crippen LogP contribution is -2.37. The summed E-state index contributed by atoms with van der Waals surface area (Å²) in [4.78, 5) is 0. The lowest BCUT2D eigenvalue weighted by molar-refractivity contribution is 0.0649. The lowest BCUT2D eigenvalue weighted by atomic mass is 9.58. The van der Waals surface area contributed by atoms with E-state index in [2.05, 4.69) is 19.9 Å². The van der Waals surface area contributed by atoms with Crippen molar-refractivity contribution >= 4 is 0 Å². The van der Waals surface area contributed by atoms with E-state index < -0.39 is 0 Å². The van der Waals surface area contributed by atoms with Gasteiger partial charge in [-0.25, -0.2) is 0 Å². The highest BCUT2D eigenvalue weighted by atomic mass is 14.5. The zero-order valence-corrected chi connectivity index (χ0v) is 18.4. The van der Waals surface area contributed by atoms with Crippen LogP contribution in [-0.2, 0) is 0 Å². The second-order valence-corrected chi connectivity index (χ2v) is 10.5. The van der Waals surface area contributed by atoms with Crippen molar-refractivity contribution in [2.75, 3.05) is 0 Å². The maximum atomic E-state index is 10.1. The van der Waals surface area contributed by atoms with Gasteiger partial charge in [-0.15, -0.1) is 0 Å². The Morgan fingerprint density at radius 3 is 1.78 bits per heavy atom. The van der Waals surface area contributed by atoms with Gasteiger partial charge in [-0.05, 0) is 93.8 Å². The van der Waals surface area contributed by atoms with Gasteiger partial charge in [-0.2, -0.15) is 5.26 Å². The molecule has 0 atom stereocenters. The molecule has 0 aromatic carbocycles. The Morgan fingerprint density at radius 2 is 1.26 bits per heavy atom. The van der Waals surface area contributed by atoms with Crippen LogP contribution in [0.25, 0.3) is 0 Å². The highest BCUT2D eigenvalue weighted by Gasteiger charge is 2.44. The summed E-state index contributed by atoms with van der Waals surface area (Å²) >= 11 is 0. The van der Waals surface area contributed by atoms with Gasteiger partial charge in [0.15, 0.2) is 0 Å². The molecule has 0 spiro atoms. The predicted octanol–water partition coefficient (Wildman–Crippen LogP) is 8.29. The van der Waals surface area contributed by atoms with E-state index in [4.69, 9.17) is 0 Å². The van der Waals surface area contributed by atoms with Gasteiger partial charge in [0.2, 0.25) is 0 Å². The molecule has 0 amide bonds. The highest BCUT2D eigenvalue weighted by molar-refractivity contribution is 5.06. The molecule has 3 rings (SSSR count). The molecule has 27 heavy (non-hydrogen) atoms. The first-order valence-corrected chi connectivity index (χ1v) is 12.6. The summed E-state index contributed by atoms with van der Waals surface area (Å²) in [5, 5.41) is 10.1. The van der Waals surface area contributed by atoms with Gasteiger partial charge >= 0.3 is 0 Å². The molecule has 0 aromatic heterocycles. The second kappa shape index (κ2) is 10.3. The topological polar surface area (TPSA) is 23.8 Å². The minimum atomic E-state index is 0.0486. The van der Waals surface area contributed by atoms with Crippen LogP contribution in [0.2, 0.25) is 0 Å². The fraction of sp³-hybridized carbons (Fsp3) is 0.962. The zero-order valence-electron chi connectivity index (χ0n) is 18.4. The van der Waals surface area contributed by atoms with Crippen LogP contribution < -0.4 is 0 Å². The van der Waals surface area contributed by atoms with Gasteiger partial charge in [-0.1, -0.05) is 58.8 Å². The largest absolute Gasteiger partial charge is 0.198 e. The van der Waals surface area contributed by atoms with Crippen LogP contribution in [0.4, 0.5) is 0 Å². The zero-order chi connectivity index (χ0) is 19.1. The number of nitriles is 1. The average Bonchev–Trinajstić information content (AvgIpc) is 2.74. The van der Waals surface area contributed by atoms with Crippen LogP contribution in [-0.4, -0.2) is 0 Å². The minimum absolute atomic E-state index is 0.0486. The summed E-state index contributed by atoms with van der Waals surface area (Å²) < 4.78 is 0. The second-order valence-electron chi connectivity index (χ2n) is 10.5. The van der Waals surface area contributed by atoms with Gasteiger partial charge < -0.3 is 0 Å². The van der Waals surface area contributed by atoms with Crippen molar-refractivity contribution in [3.05, 3.63) is 0 Å². The molecule has 0 bridgehead atoms. The van der Waals surface area contributed by atoms with Crippen molar-refractivity contribution in [1.82, 2.24) is 0 Å². The number of nitrogens with zero attached hydrogens (tertiary/aromatic N) is 1. The Morgan fingerprint density at radius 1 is 0.704 bits per heavy atom. The molecule has 3 fully saturated rings. The van der Waals surface area contributed by atoms with E-state index in [1.165, 1.54) is 109 Å². The third-order valence-corrected chi connectivity index (χ3v) is 8.99. The van der Waals surface area contributed by atoms with E-state index in [0.29, 0.717) is 5.92 Å². The molecule has 3 saturated carbocycles. The number of unbranched alkanes of at least 4 members (excludes halogenated alkanes) is 1. The molecule has 0 aliphatic heterocycles. The van der Waals surface area contributed by atoms with Crippen molar-refractivity contribution in [3.8, 4) is 6.07 Å². The van der Waals surface area contributed by atoms with Gasteiger partial charge in [-0.3, -0.25) is 0 Å². The summed E-state index contributed by atoms with van der Waals surface area (Å²) in [6, 6.07) is 2.87. The third-order valence-electron chi connectivity index (χ3n) is 8.99. The number of rotatable bonds is 7. The summed E-state index contributed by atoms with van der Waals surface area (Å²) in [7, 11) is 0.